The molecule has 0 aromatic heterocycles. The summed E-state index contributed by atoms with van der Waals surface area (Å²) in [6.07, 6.45) is 10.0. The van der Waals surface area contributed by atoms with Gasteiger partial charge in [-0.2, -0.15) is 0 Å². The van der Waals surface area contributed by atoms with E-state index in [9.17, 15) is 9.59 Å². The van der Waals surface area contributed by atoms with Gasteiger partial charge in [-0.15, -0.1) is 0 Å². The lowest BCUT2D eigenvalue weighted by molar-refractivity contribution is -0.138. The van der Waals surface area contributed by atoms with Crippen molar-refractivity contribution in [1.29, 1.82) is 0 Å². The molecule has 0 N–H and O–H groups in total. The van der Waals surface area contributed by atoms with Crippen molar-refractivity contribution in [3.63, 3.8) is 0 Å². The van der Waals surface area contributed by atoms with E-state index in [-0.39, 0.29) is 11.9 Å². The summed E-state index contributed by atoms with van der Waals surface area (Å²) < 4.78 is 10.1. The van der Waals surface area contributed by atoms with Crippen molar-refractivity contribution in [3.8, 4) is 0 Å². The highest BCUT2D eigenvalue weighted by molar-refractivity contribution is 5.88. The zero-order valence-electron chi connectivity index (χ0n) is 14.5. The van der Waals surface area contributed by atoms with E-state index in [2.05, 4.69) is 0 Å². The third-order valence-electron chi connectivity index (χ3n) is 3.24. The fourth-order valence-corrected chi connectivity index (χ4v) is 1.78. The summed E-state index contributed by atoms with van der Waals surface area (Å²) in [7, 11) is 0. The molecule has 1 aromatic rings. The highest BCUT2D eigenvalue weighted by Crippen LogP contribution is 2.08. The minimum atomic E-state index is -0.331. The molecule has 0 saturated carbocycles. The zero-order valence-corrected chi connectivity index (χ0v) is 14.5. The maximum Gasteiger partial charge on any atom is 0.330 e. The van der Waals surface area contributed by atoms with Crippen LogP contribution in [0.5, 0.6) is 0 Å². The number of hydrogen-bond acceptors (Lipinski definition) is 4. The van der Waals surface area contributed by atoms with Crippen LogP contribution < -0.4 is 0 Å². The van der Waals surface area contributed by atoms with Gasteiger partial charge in [0.2, 0.25) is 0 Å². The van der Waals surface area contributed by atoms with Gasteiger partial charge < -0.3 is 9.47 Å². The van der Waals surface area contributed by atoms with E-state index in [1.165, 1.54) is 12.2 Å². The van der Waals surface area contributed by atoms with Crippen molar-refractivity contribution in [2.75, 3.05) is 13.2 Å². The van der Waals surface area contributed by atoms with E-state index in [1.54, 1.807) is 12.2 Å². The van der Waals surface area contributed by atoms with Gasteiger partial charge in [-0.25, -0.2) is 9.59 Å². The first-order chi connectivity index (χ1) is 11.7. The van der Waals surface area contributed by atoms with Crippen LogP contribution in [-0.4, -0.2) is 25.2 Å². The van der Waals surface area contributed by atoms with Crippen LogP contribution in [0, 0.1) is 0 Å². The lowest BCUT2D eigenvalue weighted by Crippen LogP contribution is -2.01. The maximum absolute atomic E-state index is 11.5. The molecule has 0 saturated heterocycles. The molecule has 4 heteroatoms. The molecule has 0 aliphatic heterocycles. The predicted molar refractivity (Wildman–Crippen MR) is 96.2 cm³/mol. The second-order valence-corrected chi connectivity index (χ2v) is 5.38. The summed E-state index contributed by atoms with van der Waals surface area (Å²) in [6, 6.07) is 7.49. The zero-order chi connectivity index (χ0) is 17.6. The Labute approximate surface area is 144 Å². The number of rotatable bonds is 10. The van der Waals surface area contributed by atoms with E-state index in [0.717, 1.165) is 36.8 Å². The Morgan fingerprint density at radius 2 is 1.17 bits per heavy atom. The minimum absolute atomic E-state index is 0.331. The van der Waals surface area contributed by atoms with Crippen molar-refractivity contribution in [2.24, 2.45) is 0 Å². The van der Waals surface area contributed by atoms with Gasteiger partial charge in [-0.1, -0.05) is 51.0 Å². The number of benzene rings is 1. The average molecular weight is 330 g/mol. The topological polar surface area (TPSA) is 52.6 Å². The number of esters is 2. The molecule has 1 aromatic carbocycles. The molecule has 0 fully saturated rings. The van der Waals surface area contributed by atoms with Gasteiger partial charge in [0.15, 0.2) is 0 Å². The molecular weight excluding hydrogens is 304 g/mol. The highest BCUT2D eigenvalue weighted by Gasteiger charge is 1.98. The summed E-state index contributed by atoms with van der Waals surface area (Å²) in [5.41, 5.74) is 1.79. The second kappa shape index (κ2) is 12.1. The Bertz CT molecular complexity index is 505. The van der Waals surface area contributed by atoms with Crippen LogP contribution in [0.2, 0.25) is 0 Å². The fraction of sp³-hybridized carbons (Fsp3) is 0.400. The summed E-state index contributed by atoms with van der Waals surface area (Å²) in [5, 5.41) is 0. The van der Waals surface area contributed by atoms with Gasteiger partial charge in [0, 0.05) is 12.2 Å². The van der Waals surface area contributed by atoms with Crippen molar-refractivity contribution < 1.29 is 19.1 Å². The molecular formula is C20H26O4. The van der Waals surface area contributed by atoms with Crippen LogP contribution in [0.3, 0.4) is 0 Å². The van der Waals surface area contributed by atoms with E-state index < -0.39 is 0 Å². The summed E-state index contributed by atoms with van der Waals surface area (Å²) in [6.45, 7) is 5.00. The molecule has 0 amide bonds. The average Bonchev–Trinajstić information content (AvgIpc) is 2.59. The van der Waals surface area contributed by atoms with E-state index in [4.69, 9.17) is 9.47 Å². The van der Waals surface area contributed by atoms with Crippen molar-refractivity contribution in [3.05, 3.63) is 47.5 Å². The number of carbonyl (C=O) groups is 2. The lowest BCUT2D eigenvalue weighted by Gasteiger charge is -2.00. The quantitative estimate of drug-likeness (QED) is 0.362. The molecule has 24 heavy (non-hydrogen) atoms. The van der Waals surface area contributed by atoms with E-state index >= 15 is 0 Å². The Hall–Kier alpha value is -2.36. The smallest absolute Gasteiger partial charge is 0.330 e. The van der Waals surface area contributed by atoms with Gasteiger partial charge >= 0.3 is 11.9 Å². The van der Waals surface area contributed by atoms with Gasteiger partial charge in [-0.05, 0) is 36.1 Å². The molecule has 0 spiro atoms. The first-order valence-corrected chi connectivity index (χ1v) is 8.45. The molecule has 0 heterocycles. The molecule has 130 valence electrons. The monoisotopic (exact) mass is 330 g/mol. The van der Waals surface area contributed by atoms with Crippen LogP contribution in [0.4, 0.5) is 0 Å². The Morgan fingerprint density at radius 1 is 0.792 bits per heavy atom. The van der Waals surface area contributed by atoms with Crippen LogP contribution in [0.1, 0.15) is 50.7 Å². The van der Waals surface area contributed by atoms with Crippen LogP contribution in [-0.2, 0) is 19.1 Å². The Morgan fingerprint density at radius 3 is 1.50 bits per heavy atom. The van der Waals surface area contributed by atoms with Crippen LogP contribution in [0.15, 0.2) is 36.4 Å². The predicted octanol–water partition coefficient (Wildman–Crippen LogP) is 4.40. The van der Waals surface area contributed by atoms with Crippen molar-refractivity contribution >= 4 is 24.1 Å². The normalized spacial score (nSPS) is 11.1. The molecule has 0 unspecified atom stereocenters. The third kappa shape index (κ3) is 8.93. The number of hydrogen-bond donors (Lipinski definition) is 0. The van der Waals surface area contributed by atoms with Gasteiger partial charge in [0.1, 0.15) is 0 Å². The van der Waals surface area contributed by atoms with Crippen LogP contribution >= 0.6 is 0 Å². The first-order valence-electron chi connectivity index (χ1n) is 8.45. The fourth-order valence-electron chi connectivity index (χ4n) is 1.78. The second-order valence-electron chi connectivity index (χ2n) is 5.38. The van der Waals surface area contributed by atoms with E-state index in [1.807, 2.05) is 38.1 Å². The van der Waals surface area contributed by atoms with Gasteiger partial charge in [-0.3, -0.25) is 0 Å². The maximum atomic E-state index is 11.5. The minimum Gasteiger partial charge on any atom is -0.463 e. The largest absolute Gasteiger partial charge is 0.463 e. The van der Waals surface area contributed by atoms with Crippen molar-refractivity contribution in [1.82, 2.24) is 0 Å². The molecule has 0 bridgehead atoms. The van der Waals surface area contributed by atoms with Gasteiger partial charge in [0.25, 0.3) is 0 Å². The van der Waals surface area contributed by atoms with Crippen LogP contribution in [0.25, 0.3) is 12.2 Å². The van der Waals surface area contributed by atoms with E-state index in [0.29, 0.717) is 13.2 Å². The summed E-state index contributed by atoms with van der Waals surface area (Å²) >= 11 is 0. The van der Waals surface area contributed by atoms with Crippen molar-refractivity contribution in [2.45, 2.75) is 39.5 Å². The highest BCUT2D eigenvalue weighted by atomic mass is 16.5. The molecule has 1 rings (SSSR count). The first kappa shape index (κ1) is 19.7. The SMILES string of the molecule is CCCCOC(=O)/C=C/c1ccc(/C=C/C(=O)OCCCC)cc1. The number of carbonyl (C=O) groups excluding carboxylic acids is 2. The molecule has 0 aliphatic rings. The molecule has 0 radical (unpaired) electrons. The third-order valence-corrected chi connectivity index (χ3v) is 3.24. The Kier molecular flexibility index (Phi) is 9.93. The molecule has 0 atom stereocenters. The lowest BCUT2D eigenvalue weighted by atomic mass is 10.1. The standard InChI is InChI=1S/C20H26O4/c1-3-5-15-23-19(21)13-11-17-7-9-18(10-8-17)12-14-20(22)24-16-6-4-2/h7-14H,3-6,15-16H2,1-2H3/b13-11+,14-12+. The molecule has 4 nitrogen and oxygen atoms in total. The van der Waals surface area contributed by atoms with Gasteiger partial charge in [0.05, 0.1) is 13.2 Å². The summed E-state index contributed by atoms with van der Waals surface area (Å²) in [4.78, 5) is 22.9. The summed E-state index contributed by atoms with van der Waals surface area (Å²) in [5.74, 6) is -0.663. The molecule has 0 aliphatic carbocycles. The Balaban J connectivity index is 2.45. The number of ether oxygens (including phenoxy) is 2. The number of unbranched alkanes of at least 4 members (excludes halogenated alkanes) is 2.